The van der Waals surface area contributed by atoms with Crippen molar-refractivity contribution in [3.63, 3.8) is 0 Å². The molecule has 26 heavy (non-hydrogen) atoms. The Balaban J connectivity index is 2.16. The van der Waals surface area contributed by atoms with Crippen molar-refractivity contribution < 1.29 is 17.9 Å². The number of benzene rings is 2. The van der Waals surface area contributed by atoms with Crippen LogP contribution in [0.4, 0.5) is 0 Å². The third kappa shape index (κ3) is 5.08. The fourth-order valence-electron chi connectivity index (χ4n) is 2.16. The van der Waals surface area contributed by atoms with Crippen LogP contribution in [-0.2, 0) is 16.6 Å². The molecule has 0 spiro atoms. The minimum atomic E-state index is -3.83. The van der Waals surface area contributed by atoms with E-state index in [0.29, 0.717) is 5.75 Å². The number of hydrogen-bond donors (Lipinski definition) is 2. The highest BCUT2D eigenvalue weighted by Gasteiger charge is 2.19. The summed E-state index contributed by atoms with van der Waals surface area (Å²) >= 11 is 5.98. The molecular weight excluding hydrogens is 376 g/mol. The summed E-state index contributed by atoms with van der Waals surface area (Å²) in [6.07, 6.45) is 1.41. The molecule has 0 fully saturated rings. The Bertz CT molecular complexity index is 913. The summed E-state index contributed by atoms with van der Waals surface area (Å²) < 4.78 is 32.0. The van der Waals surface area contributed by atoms with Crippen LogP contribution in [0.5, 0.6) is 5.75 Å². The third-order valence-corrected chi connectivity index (χ3v) is 5.39. The molecule has 1 amide bonds. The van der Waals surface area contributed by atoms with E-state index in [0.717, 1.165) is 5.56 Å². The Labute approximate surface area is 157 Å². The van der Waals surface area contributed by atoms with Crippen molar-refractivity contribution in [1.82, 2.24) is 10.0 Å². The van der Waals surface area contributed by atoms with E-state index >= 15 is 0 Å². The lowest BCUT2D eigenvalue weighted by Gasteiger charge is -2.10. The number of hydrogen-bond acceptors (Lipinski definition) is 4. The lowest BCUT2D eigenvalue weighted by Crippen LogP contribution is -2.26. The average molecular weight is 395 g/mol. The van der Waals surface area contributed by atoms with Crippen LogP contribution in [0, 0.1) is 0 Å². The van der Waals surface area contributed by atoms with E-state index in [1.54, 1.807) is 19.2 Å². The normalized spacial score (nSPS) is 11.0. The lowest BCUT2D eigenvalue weighted by molar-refractivity contribution is 0.0950. The topological polar surface area (TPSA) is 84.5 Å². The first-order valence-electron chi connectivity index (χ1n) is 7.68. The molecule has 2 aromatic carbocycles. The number of halogens is 1. The number of methoxy groups -OCH3 is 1. The predicted molar refractivity (Wildman–Crippen MR) is 101 cm³/mol. The Morgan fingerprint density at radius 2 is 2.04 bits per heavy atom. The second-order valence-electron chi connectivity index (χ2n) is 5.32. The Hall–Kier alpha value is -2.35. The predicted octanol–water partition coefficient (Wildman–Crippen LogP) is 2.74. The van der Waals surface area contributed by atoms with Crippen LogP contribution in [0.2, 0.25) is 5.02 Å². The first-order chi connectivity index (χ1) is 12.4. The van der Waals surface area contributed by atoms with E-state index in [-0.39, 0.29) is 28.6 Å². The summed E-state index contributed by atoms with van der Waals surface area (Å²) in [6.45, 7) is 3.79. The maximum absolute atomic E-state index is 12.4. The minimum absolute atomic E-state index is 0.0332. The molecule has 0 bridgehead atoms. The molecule has 0 saturated carbocycles. The highest BCUT2D eigenvalue weighted by atomic mass is 35.5. The van der Waals surface area contributed by atoms with Gasteiger partial charge in [-0.05, 0) is 35.9 Å². The first kappa shape index (κ1) is 20.0. The molecule has 0 heterocycles. The van der Waals surface area contributed by atoms with Crippen molar-refractivity contribution >= 4 is 27.5 Å². The van der Waals surface area contributed by atoms with E-state index in [2.05, 4.69) is 16.6 Å². The smallest absolute Gasteiger partial charge is 0.251 e. The summed E-state index contributed by atoms with van der Waals surface area (Å²) in [7, 11) is -2.27. The molecule has 138 valence electrons. The van der Waals surface area contributed by atoms with Crippen LogP contribution in [-0.4, -0.2) is 28.0 Å². The van der Waals surface area contributed by atoms with Gasteiger partial charge in [-0.25, -0.2) is 13.1 Å². The van der Waals surface area contributed by atoms with Crippen molar-refractivity contribution in [3.8, 4) is 5.75 Å². The van der Waals surface area contributed by atoms with E-state index in [9.17, 15) is 13.2 Å². The standard InChI is InChI=1S/C18H19ClN2O4S/c1-3-9-21-26(23,24)17-11-14(7-8-16(17)19)18(22)20-12-13-5-4-6-15(10-13)25-2/h3-8,10-11,21H,1,9,12H2,2H3,(H,20,22). The summed E-state index contributed by atoms with van der Waals surface area (Å²) in [5.74, 6) is 0.273. The van der Waals surface area contributed by atoms with E-state index < -0.39 is 15.9 Å². The molecule has 0 aromatic heterocycles. The van der Waals surface area contributed by atoms with Crippen LogP contribution in [0.3, 0.4) is 0 Å². The van der Waals surface area contributed by atoms with Gasteiger partial charge < -0.3 is 10.1 Å². The van der Waals surface area contributed by atoms with E-state index in [4.69, 9.17) is 16.3 Å². The number of sulfonamides is 1. The van der Waals surface area contributed by atoms with Crippen molar-refractivity contribution in [2.45, 2.75) is 11.4 Å². The molecule has 2 N–H and O–H groups in total. The number of carbonyl (C=O) groups excluding carboxylic acids is 1. The Kier molecular flexibility index (Phi) is 6.79. The first-order valence-corrected chi connectivity index (χ1v) is 9.54. The largest absolute Gasteiger partial charge is 0.497 e. The summed E-state index contributed by atoms with van der Waals surface area (Å²) in [6, 6.07) is 11.4. The number of ether oxygens (including phenoxy) is 1. The quantitative estimate of drug-likeness (QED) is 0.674. The molecule has 0 saturated heterocycles. The van der Waals surface area contributed by atoms with Crippen molar-refractivity contribution in [2.75, 3.05) is 13.7 Å². The van der Waals surface area contributed by atoms with Gasteiger partial charge >= 0.3 is 0 Å². The molecule has 0 aliphatic rings. The summed E-state index contributed by atoms with van der Waals surface area (Å²) in [4.78, 5) is 12.2. The number of nitrogens with one attached hydrogen (secondary N) is 2. The zero-order chi connectivity index (χ0) is 19.2. The zero-order valence-electron chi connectivity index (χ0n) is 14.2. The maximum atomic E-state index is 12.4. The highest BCUT2D eigenvalue weighted by molar-refractivity contribution is 7.89. The monoisotopic (exact) mass is 394 g/mol. The Morgan fingerprint density at radius 1 is 1.27 bits per heavy atom. The molecule has 0 unspecified atom stereocenters. The molecule has 0 radical (unpaired) electrons. The van der Waals surface area contributed by atoms with E-state index in [1.807, 2.05) is 12.1 Å². The van der Waals surface area contributed by atoms with Gasteiger partial charge in [-0.15, -0.1) is 6.58 Å². The van der Waals surface area contributed by atoms with Crippen molar-refractivity contribution in [1.29, 1.82) is 0 Å². The highest BCUT2D eigenvalue weighted by Crippen LogP contribution is 2.22. The molecule has 2 rings (SSSR count). The van der Waals surface area contributed by atoms with Gasteiger partial charge in [-0.3, -0.25) is 4.79 Å². The maximum Gasteiger partial charge on any atom is 0.251 e. The Morgan fingerprint density at radius 3 is 2.73 bits per heavy atom. The van der Waals surface area contributed by atoms with Gasteiger partial charge in [0, 0.05) is 18.7 Å². The second-order valence-corrected chi connectivity index (χ2v) is 7.46. The van der Waals surface area contributed by atoms with Crippen molar-refractivity contribution in [3.05, 3.63) is 71.3 Å². The third-order valence-electron chi connectivity index (χ3n) is 3.49. The molecular formula is C18H19ClN2O4S. The molecule has 0 aliphatic heterocycles. The van der Waals surface area contributed by atoms with Gasteiger partial charge in [0.25, 0.3) is 5.91 Å². The number of amides is 1. The summed E-state index contributed by atoms with van der Waals surface area (Å²) in [5.41, 5.74) is 1.04. The van der Waals surface area contributed by atoms with Gasteiger partial charge in [0.05, 0.1) is 12.1 Å². The molecule has 0 atom stereocenters. The fraction of sp³-hybridized carbons (Fsp3) is 0.167. The molecule has 8 heteroatoms. The van der Waals surface area contributed by atoms with Gasteiger partial charge in [0.1, 0.15) is 10.6 Å². The van der Waals surface area contributed by atoms with Gasteiger partial charge in [-0.1, -0.05) is 29.8 Å². The summed E-state index contributed by atoms with van der Waals surface area (Å²) in [5, 5.41) is 2.77. The van der Waals surface area contributed by atoms with Crippen molar-refractivity contribution in [2.24, 2.45) is 0 Å². The van der Waals surface area contributed by atoms with Crippen LogP contribution in [0.15, 0.2) is 60.0 Å². The van der Waals surface area contributed by atoms with Gasteiger partial charge in [-0.2, -0.15) is 0 Å². The van der Waals surface area contributed by atoms with Gasteiger partial charge in [0.15, 0.2) is 0 Å². The van der Waals surface area contributed by atoms with E-state index in [1.165, 1.54) is 24.3 Å². The van der Waals surface area contributed by atoms with Gasteiger partial charge in [0.2, 0.25) is 10.0 Å². The average Bonchev–Trinajstić information content (AvgIpc) is 2.64. The molecule has 0 aliphatic carbocycles. The minimum Gasteiger partial charge on any atom is -0.497 e. The lowest BCUT2D eigenvalue weighted by atomic mass is 10.2. The van der Waals surface area contributed by atoms with Crippen LogP contribution in [0.25, 0.3) is 0 Å². The fourth-order valence-corrected chi connectivity index (χ4v) is 3.69. The van der Waals surface area contributed by atoms with Crippen LogP contribution < -0.4 is 14.8 Å². The SMILES string of the molecule is C=CCNS(=O)(=O)c1cc(C(=O)NCc2cccc(OC)c2)ccc1Cl. The molecule has 2 aromatic rings. The van der Waals surface area contributed by atoms with Crippen LogP contribution in [0.1, 0.15) is 15.9 Å². The zero-order valence-corrected chi connectivity index (χ0v) is 15.7. The number of rotatable bonds is 8. The second kappa shape index (κ2) is 8.84. The number of carbonyl (C=O) groups is 1. The molecule has 6 nitrogen and oxygen atoms in total. The van der Waals surface area contributed by atoms with Crippen LogP contribution >= 0.6 is 11.6 Å².